The summed E-state index contributed by atoms with van der Waals surface area (Å²) in [6.07, 6.45) is 5.13. The van der Waals surface area contributed by atoms with Crippen molar-refractivity contribution in [1.82, 2.24) is 15.1 Å². The fraction of sp³-hybridized carbons (Fsp3) is 0.583. The normalized spacial score (nSPS) is 25.1. The van der Waals surface area contributed by atoms with Gasteiger partial charge in [0.15, 0.2) is 0 Å². The van der Waals surface area contributed by atoms with Gasteiger partial charge in [-0.05, 0) is 43.2 Å². The number of carbonyl (C=O) groups is 4. The number of carbonyl (C=O) groups excluding carboxylic acids is 4. The molecule has 0 bridgehead atoms. The van der Waals surface area contributed by atoms with Crippen molar-refractivity contribution in [1.29, 1.82) is 0 Å². The van der Waals surface area contributed by atoms with E-state index in [-0.39, 0.29) is 18.4 Å². The molecule has 3 fully saturated rings. The van der Waals surface area contributed by atoms with Crippen LogP contribution >= 0.6 is 0 Å². The summed E-state index contributed by atoms with van der Waals surface area (Å²) in [5.74, 6) is -0.0806. The van der Waals surface area contributed by atoms with Crippen LogP contribution in [0.25, 0.3) is 0 Å². The van der Waals surface area contributed by atoms with E-state index in [4.69, 9.17) is 0 Å². The summed E-state index contributed by atoms with van der Waals surface area (Å²) in [4.78, 5) is 54.2. The summed E-state index contributed by atoms with van der Waals surface area (Å²) in [5, 5.41) is 5.57. The fourth-order valence-corrected chi connectivity index (χ4v) is 5.43. The molecule has 3 aliphatic rings. The summed E-state index contributed by atoms with van der Waals surface area (Å²) in [6, 6.07) is 6.37. The second kappa shape index (κ2) is 8.92. The topological polar surface area (TPSA) is 98.8 Å². The Bertz CT molecular complexity index is 914. The number of likely N-dealkylation sites (tertiary alicyclic amines) is 1. The van der Waals surface area contributed by atoms with Crippen molar-refractivity contribution in [2.45, 2.75) is 57.9 Å². The smallest absolute Gasteiger partial charge is 0.325 e. The van der Waals surface area contributed by atoms with Crippen LogP contribution < -0.4 is 10.6 Å². The van der Waals surface area contributed by atoms with E-state index in [1.165, 1.54) is 0 Å². The maximum Gasteiger partial charge on any atom is 0.325 e. The van der Waals surface area contributed by atoms with Gasteiger partial charge in [0.25, 0.3) is 11.8 Å². The Morgan fingerprint density at radius 1 is 1.06 bits per heavy atom. The molecule has 1 aromatic rings. The zero-order valence-corrected chi connectivity index (χ0v) is 18.9. The molecule has 4 rings (SSSR count). The van der Waals surface area contributed by atoms with Crippen molar-refractivity contribution in [3.63, 3.8) is 0 Å². The lowest BCUT2D eigenvalue weighted by atomic mass is 9.82. The van der Waals surface area contributed by atoms with Crippen LogP contribution in [0.3, 0.4) is 0 Å². The van der Waals surface area contributed by atoms with Gasteiger partial charge in [-0.1, -0.05) is 45.2 Å². The first-order chi connectivity index (χ1) is 15.3. The zero-order valence-electron chi connectivity index (χ0n) is 18.9. The van der Waals surface area contributed by atoms with Crippen molar-refractivity contribution in [2.75, 3.05) is 25.0 Å². The monoisotopic (exact) mass is 440 g/mol. The van der Waals surface area contributed by atoms with Crippen molar-refractivity contribution >= 4 is 29.4 Å². The number of piperidine rings is 1. The first-order valence-electron chi connectivity index (χ1n) is 11.6. The summed E-state index contributed by atoms with van der Waals surface area (Å²) in [5.41, 5.74) is -0.0404. The number of anilines is 1. The van der Waals surface area contributed by atoms with Crippen LogP contribution in [0.1, 0.15) is 62.7 Å². The lowest BCUT2D eigenvalue weighted by molar-refractivity contribution is -0.134. The molecule has 172 valence electrons. The van der Waals surface area contributed by atoms with Crippen LogP contribution in [0.5, 0.6) is 0 Å². The number of nitrogens with zero attached hydrogens (tertiary/aromatic N) is 2. The molecule has 1 saturated carbocycles. The second-order valence-corrected chi connectivity index (χ2v) is 9.71. The highest BCUT2D eigenvalue weighted by Crippen LogP contribution is 2.33. The van der Waals surface area contributed by atoms with Gasteiger partial charge in [0.2, 0.25) is 5.91 Å². The van der Waals surface area contributed by atoms with Crippen molar-refractivity contribution in [2.24, 2.45) is 11.8 Å². The van der Waals surface area contributed by atoms with Crippen LogP contribution in [-0.4, -0.2) is 58.7 Å². The molecule has 2 saturated heterocycles. The standard InChI is InChI=1S/C24H32N4O4/c1-16-12-17(2)14-27(13-16)21(30)18-8-4-5-9-19(18)25-20(29)15-28-22(31)24(26-23(28)32)10-6-3-7-11-24/h4-5,8-9,16-17H,3,6-7,10-15H2,1-2H3,(H,25,29)(H,26,32). The highest BCUT2D eigenvalue weighted by molar-refractivity contribution is 6.11. The van der Waals surface area contributed by atoms with Gasteiger partial charge < -0.3 is 15.5 Å². The van der Waals surface area contributed by atoms with Gasteiger partial charge in [-0.2, -0.15) is 0 Å². The van der Waals surface area contributed by atoms with Crippen LogP contribution in [0, 0.1) is 11.8 Å². The molecule has 0 aromatic heterocycles. The second-order valence-electron chi connectivity index (χ2n) is 9.71. The molecule has 32 heavy (non-hydrogen) atoms. The average Bonchev–Trinajstić information content (AvgIpc) is 2.97. The third-order valence-electron chi connectivity index (χ3n) is 6.84. The van der Waals surface area contributed by atoms with Crippen LogP contribution in [0.2, 0.25) is 0 Å². The number of urea groups is 1. The van der Waals surface area contributed by atoms with Gasteiger partial charge >= 0.3 is 6.03 Å². The van der Waals surface area contributed by atoms with Gasteiger partial charge in [-0.3, -0.25) is 19.3 Å². The Morgan fingerprint density at radius 3 is 2.41 bits per heavy atom. The Labute approximate surface area is 188 Å². The number of imide groups is 1. The molecule has 1 aromatic carbocycles. The van der Waals surface area contributed by atoms with Crippen LogP contribution in [-0.2, 0) is 9.59 Å². The molecule has 2 N–H and O–H groups in total. The third kappa shape index (κ3) is 4.36. The molecular formula is C24H32N4O4. The lowest BCUT2D eigenvalue weighted by Crippen LogP contribution is -2.48. The molecule has 1 spiro atoms. The number of amides is 5. The van der Waals surface area contributed by atoms with Crippen molar-refractivity contribution in [3.05, 3.63) is 29.8 Å². The van der Waals surface area contributed by atoms with Gasteiger partial charge in [-0.25, -0.2) is 4.79 Å². The third-order valence-corrected chi connectivity index (χ3v) is 6.84. The molecular weight excluding hydrogens is 408 g/mol. The molecule has 1 aliphatic carbocycles. The number of nitrogens with one attached hydrogen (secondary N) is 2. The quantitative estimate of drug-likeness (QED) is 0.703. The summed E-state index contributed by atoms with van der Waals surface area (Å²) < 4.78 is 0. The fourth-order valence-electron chi connectivity index (χ4n) is 5.43. The highest BCUT2D eigenvalue weighted by atomic mass is 16.2. The Balaban J connectivity index is 1.45. The van der Waals surface area contributed by atoms with E-state index in [0.29, 0.717) is 49.0 Å². The molecule has 8 nitrogen and oxygen atoms in total. The highest BCUT2D eigenvalue weighted by Gasteiger charge is 2.51. The maximum atomic E-state index is 13.2. The van der Waals surface area contributed by atoms with E-state index in [1.807, 2.05) is 4.90 Å². The van der Waals surface area contributed by atoms with Gasteiger partial charge in [-0.15, -0.1) is 0 Å². The molecule has 2 aliphatic heterocycles. The average molecular weight is 441 g/mol. The largest absolute Gasteiger partial charge is 0.338 e. The van der Waals surface area contributed by atoms with Gasteiger partial charge in [0, 0.05) is 13.1 Å². The molecule has 2 heterocycles. The van der Waals surface area contributed by atoms with E-state index in [1.54, 1.807) is 24.3 Å². The van der Waals surface area contributed by atoms with Crippen molar-refractivity contribution < 1.29 is 19.2 Å². The first kappa shape index (κ1) is 22.3. The molecule has 8 heteroatoms. The van der Waals surface area contributed by atoms with E-state index >= 15 is 0 Å². The first-order valence-corrected chi connectivity index (χ1v) is 11.6. The number of para-hydroxylation sites is 1. The number of rotatable bonds is 4. The van der Waals surface area contributed by atoms with E-state index in [9.17, 15) is 19.2 Å². The summed E-state index contributed by atoms with van der Waals surface area (Å²) in [6.45, 7) is 5.29. The van der Waals surface area contributed by atoms with E-state index < -0.39 is 17.5 Å². The Kier molecular flexibility index (Phi) is 6.22. The molecule has 2 atom stereocenters. The lowest BCUT2D eigenvalue weighted by Gasteiger charge is -2.35. The van der Waals surface area contributed by atoms with Crippen LogP contribution in [0.15, 0.2) is 24.3 Å². The minimum Gasteiger partial charge on any atom is -0.338 e. The zero-order chi connectivity index (χ0) is 22.9. The summed E-state index contributed by atoms with van der Waals surface area (Å²) >= 11 is 0. The molecule has 0 radical (unpaired) electrons. The van der Waals surface area contributed by atoms with Gasteiger partial charge in [0.05, 0.1) is 11.3 Å². The number of hydrogen-bond acceptors (Lipinski definition) is 4. The van der Waals surface area contributed by atoms with Crippen LogP contribution in [0.4, 0.5) is 10.5 Å². The molecule has 2 unspecified atom stereocenters. The minimum atomic E-state index is -0.856. The predicted molar refractivity (Wildman–Crippen MR) is 120 cm³/mol. The predicted octanol–water partition coefficient (Wildman–Crippen LogP) is 3.00. The summed E-state index contributed by atoms with van der Waals surface area (Å²) in [7, 11) is 0. The van der Waals surface area contributed by atoms with E-state index in [2.05, 4.69) is 24.5 Å². The maximum absolute atomic E-state index is 13.2. The number of benzene rings is 1. The number of hydrogen-bond donors (Lipinski definition) is 2. The minimum absolute atomic E-state index is 0.115. The SMILES string of the molecule is CC1CC(C)CN(C(=O)c2ccccc2NC(=O)CN2C(=O)NC3(CCCCC3)C2=O)C1. The Morgan fingerprint density at radius 2 is 1.72 bits per heavy atom. The van der Waals surface area contributed by atoms with Crippen molar-refractivity contribution in [3.8, 4) is 0 Å². The van der Waals surface area contributed by atoms with Gasteiger partial charge in [0.1, 0.15) is 12.1 Å². The molecule has 5 amide bonds. The Hall–Kier alpha value is -2.90. The van der Waals surface area contributed by atoms with E-state index in [0.717, 1.165) is 30.6 Å².